The van der Waals surface area contributed by atoms with Crippen molar-refractivity contribution in [2.45, 2.75) is 18.9 Å². The largest absolute Gasteiger partial charge is 0.477 e. The Bertz CT molecular complexity index is 387. The minimum absolute atomic E-state index is 0.0747. The second kappa shape index (κ2) is 5.14. The maximum Gasteiger partial charge on any atom is 0.354 e. The van der Waals surface area contributed by atoms with Crippen LogP contribution in [0.25, 0.3) is 0 Å². The van der Waals surface area contributed by atoms with Gasteiger partial charge < -0.3 is 15.3 Å². The molecular formula is C12H17N3O2. The van der Waals surface area contributed by atoms with Crippen LogP contribution in [0, 0.1) is 0 Å². The van der Waals surface area contributed by atoms with Gasteiger partial charge >= 0.3 is 5.97 Å². The fourth-order valence-electron chi connectivity index (χ4n) is 1.70. The van der Waals surface area contributed by atoms with Crippen molar-refractivity contribution in [2.24, 2.45) is 0 Å². The third kappa shape index (κ3) is 3.42. The molecule has 0 aromatic carbocycles. The van der Waals surface area contributed by atoms with Crippen LogP contribution in [-0.4, -0.2) is 47.1 Å². The van der Waals surface area contributed by atoms with E-state index in [1.165, 1.54) is 18.9 Å². The standard InChI is InChI=1S/C12H17N3O2/c1-15(10-3-4-10)7-6-13-9-2-5-11(12(16)17)14-8-9/h2,5,8,10,13H,3-4,6-7H2,1H3,(H,16,17). The number of likely N-dealkylation sites (N-methyl/N-ethyl adjacent to an activating group) is 1. The molecule has 0 unspecified atom stereocenters. The first-order valence-electron chi connectivity index (χ1n) is 5.80. The van der Waals surface area contributed by atoms with Crippen molar-refractivity contribution in [2.75, 3.05) is 25.5 Å². The van der Waals surface area contributed by atoms with Crippen molar-refractivity contribution >= 4 is 11.7 Å². The van der Waals surface area contributed by atoms with Crippen molar-refractivity contribution in [3.8, 4) is 0 Å². The first-order chi connectivity index (χ1) is 8.16. The number of carbonyl (C=O) groups is 1. The molecule has 5 heteroatoms. The lowest BCUT2D eigenvalue weighted by Crippen LogP contribution is -2.27. The Morgan fingerprint density at radius 1 is 1.59 bits per heavy atom. The number of pyridine rings is 1. The average molecular weight is 235 g/mol. The van der Waals surface area contributed by atoms with E-state index in [1.807, 2.05) is 0 Å². The van der Waals surface area contributed by atoms with E-state index in [2.05, 4.69) is 22.2 Å². The van der Waals surface area contributed by atoms with Crippen molar-refractivity contribution in [1.29, 1.82) is 0 Å². The highest BCUT2D eigenvalue weighted by molar-refractivity contribution is 5.85. The highest BCUT2D eigenvalue weighted by atomic mass is 16.4. The van der Waals surface area contributed by atoms with Crippen LogP contribution in [0.15, 0.2) is 18.3 Å². The number of nitrogens with one attached hydrogen (secondary N) is 1. The third-order valence-corrected chi connectivity index (χ3v) is 2.95. The Labute approximate surface area is 100 Å². The van der Waals surface area contributed by atoms with Gasteiger partial charge in [0.25, 0.3) is 0 Å². The quantitative estimate of drug-likeness (QED) is 0.777. The summed E-state index contributed by atoms with van der Waals surface area (Å²) in [6.45, 7) is 1.84. The SMILES string of the molecule is CN(CCNc1ccc(C(=O)O)nc1)C1CC1. The lowest BCUT2D eigenvalue weighted by atomic mass is 10.3. The predicted molar refractivity (Wildman–Crippen MR) is 65.3 cm³/mol. The minimum atomic E-state index is -0.995. The Kier molecular flexibility index (Phi) is 3.58. The fourth-order valence-corrected chi connectivity index (χ4v) is 1.70. The molecule has 0 atom stereocenters. The molecule has 0 spiro atoms. The van der Waals surface area contributed by atoms with Crippen molar-refractivity contribution in [3.63, 3.8) is 0 Å². The number of carboxylic acids is 1. The van der Waals surface area contributed by atoms with E-state index in [9.17, 15) is 4.79 Å². The number of rotatable bonds is 6. The lowest BCUT2D eigenvalue weighted by molar-refractivity contribution is 0.0690. The van der Waals surface area contributed by atoms with Gasteiger partial charge in [-0.1, -0.05) is 0 Å². The van der Waals surface area contributed by atoms with Gasteiger partial charge in [-0.25, -0.2) is 9.78 Å². The van der Waals surface area contributed by atoms with Crippen LogP contribution in [0.2, 0.25) is 0 Å². The number of nitrogens with zero attached hydrogens (tertiary/aromatic N) is 2. The van der Waals surface area contributed by atoms with Crippen LogP contribution >= 0.6 is 0 Å². The highest BCUT2D eigenvalue weighted by Crippen LogP contribution is 2.24. The first-order valence-corrected chi connectivity index (χ1v) is 5.80. The van der Waals surface area contributed by atoms with Crippen LogP contribution < -0.4 is 5.32 Å². The monoisotopic (exact) mass is 235 g/mol. The van der Waals surface area contributed by atoms with Gasteiger partial charge in [0.2, 0.25) is 0 Å². The van der Waals surface area contributed by atoms with Gasteiger partial charge in [0, 0.05) is 19.1 Å². The van der Waals surface area contributed by atoms with Gasteiger partial charge in [0.15, 0.2) is 0 Å². The molecule has 2 rings (SSSR count). The molecule has 92 valence electrons. The third-order valence-electron chi connectivity index (χ3n) is 2.95. The molecule has 0 aliphatic heterocycles. The number of aromatic nitrogens is 1. The maximum atomic E-state index is 10.6. The molecule has 1 aromatic heterocycles. The molecule has 1 aromatic rings. The topological polar surface area (TPSA) is 65.5 Å². The molecule has 0 saturated heterocycles. The number of aromatic carboxylic acids is 1. The van der Waals surface area contributed by atoms with E-state index in [0.29, 0.717) is 0 Å². The Morgan fingerprint density at radius 2 is 2.35 bits per heavy atom. The molecular weight excluding hydrogens is 218 g/mol. The molecule has 0 bridgehead atoms. The summed E-state index contributed by atoms with van der Waals surface area (Å²) in [5.41, 5.74) is 0.935. The zero-order valence-electron chi connectivity index (χ0n) is 9.89. The van der Waals surface area contributed by atoms with Crippen molar-refractivity contribution < 1.29 is 9.90 Å². The number of carboxylic acid groups (broad SMARTS) is 1. The number of hydrogen-bond acceptors (Lipinski definition) is 4. The summed E-state index contributed by atoms with van der Waals surface area (Å²) in [7, 11) is 2.13. The van der Waals surface area contributed by atoms with Crippen molar-refractivity contribution in [3.05, 3.63) is 24.0 Å². The van der Waals surface area contributed by atoms with Crippen LogP contribution in [0.5, 0.6) is 0 Å². The van der Waals surface area contributed by atoms with Gasteiger partial charge in [-0.05, 0) is 32.0 Å². The van der Waals surface area contributed by atoms with Gasteiger partial charge in [-0.3, -0.25) is 0 Å². The van der Waals surface area contributed by atoms with E-state index in [0.717, 1.165) is 24.8 Å². The molecule has 5 nitrogen and oxygen atoms in total. The summed E-state index contributed by atoms with van der Waals surface area (Å²) in [4.78, 5) is 16.8. The molecule has 1 aliphatic rings. The number of hydrogen-bond donors (Lipinski definition) is 2. The molecule has 1 aliphatic carbocycles. The van der Waals surface area contributed by atoms with Crippen LogP contribution in [-0.2, 0) is 0 Å². The van der Waals surface area contributed by atoms with Gasteiger partial charge in [0.1, 0.15) is 5.69 Å². The Hall–Kier alpha value is -1.62. The molecule has 1 heterocycles. The van der Waals surface area contributed by atoms with Crippen LogP contribution in [0.1, 0.15) is 23.3 Å². The highest BCUT2D eigenvalue weighted by Gasteiger charge is 2.25. The summed E-state index contributed by atoms with van der Waals surface area (Å²) in [6.07, 6.45) is 4.18. The second-order valence-corrected chi connectivity index (χ2v) is 4.38. The Balaban J connectivity index is 1.76. The average Bonchev–Trinajstić information content (AvgIpc) is 3.13. The van der Waals surface area contributed by atoms with Crippen molar-refractivity contribution in [1.82, 2.24) is 9.88 Å². The van der Waals surface area contributed by atoms with Crippen LogP contribution in [0.3, 0.4) is 0 Å². The summed E-state index contributed by atoms with van der Waals surface area (Å²) >= 11 is 0. The molecule has 0 radical (unpaired) electrons. The summed E-state index contributed by atoms with van der Waals surface area (Å²) in [5.74, 6) is -0.995. The lowest BCUT2D eigenvalue weighted by Gasteiger charge is -2.16. The van der Waals surface area contributed by atoms with E-state index in [4.69, 9.17) is 5.11 Å². The smallest absolute Gasteiger partial charge is 0.354 e. The molecule has 1 saturated carbocycles. The number of anilines is 1. The molecule has 0 amide bonds. The Morgan fingerprint density at radius 3 is 2.88 bits per heavy atom. The van der Waals surface area contributed by atoms with Crippen LogP contribution in [0.4, 0.5) is 5.69 Å². The summed E-state index contributed by atoms with van der Waals surface area (Å²) in [6, 6.07) is 4.02. The summed E-state index contributed by atoms with van der Waals surface area (Å²) < 4.78 is 0. The van der Waals surface area contributed by atoms with E-state index in [1.54, 1.807) is 12.3 Å². The van der Waals surface area contributed by atoms with E-state index in [-0.39, 0.29) is 5.69 Å². The van der Waals surface area contributed by atoms with Gasteiger partial charge in [-0.15, -0.1) is 0 Å². The molecule has 1 fully saturated rings. The van der Waals surface area contributed by atoms with E-state index < -0.39 is 5.97 Å². The fraction of sp³-hybridized carbons (Fsp3) is 0.500. The zero-order chi connectivity index (χ0) is 12.3. The maximum absolute atomic E-state index is 10.6. The second-order valence-electron chi connectivity index (χ2n) is 4.38. The zero-order valence-corrected chi connectivity index (χ0v) is 9.89. The molecule has 2 N–H and O–H groups in total. The predicted octanol–water partition coefficient (Wildman–Crippen LogP) is 1.29. The van der Waals surface area contributed by atoms with E-state index >= 15 is 0 Å². The summed E-state index contributed by atoms with van der Waals surface area (Å²) in [5, 5.41) is 11.9. The van der Waals surface area contributed by atoms with Gasteiger partial charge in [-0.2, -0.15) is 0 Å². The van der Waals surface area contributed by atoms with Gasteiger partial charge in [0.05, 0.1) is 11.9 Å². The first kappa shape index (κ1) is 11.9. The minimum Gasteiger partial charge on any atom is -0.477 e. The normalized spacial score (nSPS) is 14.9. The molecule has 17 heavy (non-hydrogen) atoms.